The Bertz CT molecular complexity index is 790. The van der Waals surface area contributed by atoms with Crippen LogP contribution in [0.5, 0.6) is 5.75 Å². The highest BCUT2D eigenvalue weighted by Gasteiger charge is 2.44. The van der Waals surface area contributed by atoms with Crippen molar-refractivity contribution >= 4 is 44.7 Å². The van der Waals surface area contributed by atoms with Gasteiger partial charge >= 0.3 is 5.97 Å². The van der Waals surface area contributed by atoms with Crippen molar-refractivity contribution in [1.82, 2.24) is 4.90 Å². The first-order valence-electron chi connectivity index (χ1n) is 7.34. The van der Waals surface area contributed by atoms with Crippen molar-refractivity contribution in [1.29, 1.82) is 0 Å². The molecule has 0 spiro atoms. The molecule has 2 heterocycles. The second-order valence-corrected chi connectivity index (χ2v) is 7.13. The van der Waals surface area contributed by atoms with E-state index >= 15 is 0 Å². The van der Waals surface area contributed by atoms with E-state index < -0.39 is 12.0 Å². The quantitative estimate of drug-likeness (QED) is 0.774. The van der Waals surface area contributed by atoms with Crippen LogP contribution in [0.2, 0.25) is 0 Å². The van der Waals surface area contributed by atoms with Gasteiger partial charge in [-0.25, -0.2) is 9.79 Å². The highest BCUT2D eigenvalue weighted by atomic mass is 79.9. The molecule has 1 aromatic rings. The summed E-state index contributed by atoms with van der Waals surface area (Å²) in [5.41, 5.74) is 1.21. The van der Waals surface area contributed by atoms with Gasteiger partial charge in [-0.1, -0.05) is 27.7 Å². The number of carbonyl (C=O) groups excluding carboxylic acids is 2. The summed E-state index contributed by atoms with van der Waals surface area (Å²) in [6.07, 6.45) is 0. The number of hydrogen-bond donors (Lipinski definition) is 1. The Morgan fingerprint density at radius 1 is 1.54 bits per heavy atom. The van der Waals surface area contributed by atoms with Crippen LogP contribution in [0.4, 0.5) is 0 Å². The maximum Gasteiger partial charge on any atom is 0.338 e. The van der Waals surface area contributed by atoms with Gasteiger partial charge in [-0.15, -0.1) is 0 Å². The molecule has 2 aliphatic heterocycles. The van der Waals surface area contributed by atoms with Gasteiger partial charge in [-0.2, -0.15) is 0 Å². The number of phenols is 1. The van der Waals surface area contributed by atoms with Crippen molar-refractivity contribution < 1.29 is 19.4 Å². The summed E-state index contributed by atoms with van der Waals surface area (Å²) in [4.78, 5) is 30.7. The average Bonchev–Trinajstić information content (AvgIpc) is 2.89. The van der Waals surface area contributed by atoms with Crippen LogP contribution in [0.15, 0.2) is 38.9 Å². The van der Waals surface area contributed by atoms with E-state index in [0.29, 0.717) is 16.4 Å². The Morgan fingerprint density at radius 2 is 2.29 bits per heavy atom. The van der Waals surface area contributed by atoms with Crippen LogP contribution in [-0.4, -0.2) is 39.4 Å². The Labute approximate surface area is 151 Å². The lowest BCUT2D eigenvalue weighted by Gasteiger charge is -2.33. The Balaban J connectivity index is 2.20. The highest BCUT2D eigenvalue weighted by molar-refractivity contribution is 9.10. The Hall–Kier alpha value is -1.80. The van der Waals surface area contributed by atoms with E-state index in [-0.39, 0.29) is 29.6 Å². The molecule has 0 aromatic heterocycles. The van der Waals surface area contributed by atoms with Crippen molar-refractivity contribution in [3.63, 3.8) is 0 Å². The molecule has 1 aromatic carbocycles. The van der Waals surface area contributed by atoms with Crippen LogP contribution >= 0.6 is 27.7 Å². The number of hydrogen-bond acceptors (Lipinski definition) is 6. The maximum atomic E-state index is 12.5. The van der Waals surface area contributed by atoms with E-state index in [0.717, 1.165) is 4.47 Å². The molecular formula is C16H15BrN2O4S. The van der Waals surface area contributed by atoms with Gasteiger partial charge in [0.25, 0.3) is 0 Å². The Morgan fingerprint density at radius 3 is 3.00 bits per heavy atom. The summed E-state index contributed by atoms with van der Waals surface area (Å²) >= 11 is 4.69. The minimum Gasteiger partial charge on any atom is -0.508 e. The number of aromatic hydroxyl groups is 1. The molecule has 1 fully saturated rings. The summed E-state index contributed by atoms with van der Waals surface area (Å²) in [7, 11) is 0. The predicted molar refractivity (Wildman–Crippen MR) is 94.6 cm³/mol. The number of ether oxygens (including phenoxy) is 1. The zero-order valence-electron chi connectivity index (χ0n) is 13.1. The second-order valence-electron chi connectivity index (χ2n) is 5.27. The zero-order valence-corrected chi connectivity index (χ0v) is 15.5. The third-order valence-corrected chi connectivity index (χ3v) is 5.19. The molecule has 6 nitrogen and oxygen atoms in total. The number of rotatable bonds is 3. The normalized spacial score (nSPS) is 20.1. The number of benzene rings is 1. The van der Waals surface area contributed by atoms with E-state index in [1.165, 1.54) is 22.7 Å². The van der Waals surface area contributed by atoms with Crippen molar-refractivity contribution in [2.75, 3.05) is 12.4 Å². The summed E-state index contributed by atoms with van der Waals surface area (Å²) < 4.78 is 5.89. The average molecular weight is 411 g/mol. The number of allylic oxidation sites excluding steroid dienone is 1. The lowest BCUT2D eigenvalue weighted by molar-refractivity contribution is -0.139. The van der Waals surface area contributed by atoms with Crippen LogP contribution in [0.1, 0.15) is 25.5 Å². The number of amidine groups is 1. The Kier molecular flexibility index (Phi) is 4.69. The second kappa shape index (κ2) is 6.60. The van der Waals surface area contributed by atoms with Crippen molar-refractivity contribution in [3.05, 3.63) is 39.5 Å². The molecule has 0 aliphatic carbocycles. The molecule has 3 rings (SSSR count). The monoisotopic (exact) mass is 410 g/mol. The third-order valence-electron chi connectivity index (χ3n) is 3.76. The number of thioether (sulfide) groups is 1. The molecule has 0 saturated carbocycles. The van der Waals surface area contributed by atoms with E-state index in [4.69, 9.17) is 4.74 Å². The number of phenolic OH excluding ortho intramolecular Hbond substituents is 1. The van der Waals surface area contributed by atoms with Gasteiger partial charge in [-0.3, -0.25) is 9.69 Å². The first-order valence-corrected chi connectivity index (χ1v) is 9.11. The van der Waals surface area contributed by atoms with E-state index in [2.05, 4.69) is 20.9 Å². The van der Waals surface area contributed by atoms with Crippen molar-refractivity contribution in [3.8, 4) is 5.75 Å². The fourth-order valence-corrected chi connectivity index (χ4v) is 4.07. The van der Waals surface area contributed by atoms with Gasteiger partial charge in [0, 0.05) is 10.0 Å². The predicted octanol–water partition coefficient (Wildman–Crippen LogP) is 2.98. The summed E-state index contributed by atoms with van der Waals surface area (Å²) in [5, 5.41) is 10.9. The summed E-state index contributed by atoms with van der Waals surface area (Å²) in [5.74, 6) is -0.430. The highest BCUT2D eigenvalue weighted by Crippen LogP contribution is 2.44. The minimum absolute atomic E-state index is 0.00347. The van der Waals surface area contributed by atoms with Gasteiger partial charge in [0.2, 0.25) is 5.91 Å². The molecule has 1 atom stereocenters. The van der Waals surface area contributed by atoms with Gasteiger partial charge in [0.05, 0.1) is 23.6 Å². The van der Waals surface area contributed by atoms with Crippen molar-refractivity contribution in [2.24, 2.45) is 4.99 Å². The third kappa shape index (κ3) is 2.84. The molecule has 0 bridgehead atoms. The molecule has 1 N–H and O–H groups in total. The number of aliphatic imine (C=N–C) groups is 1. The molecule has 0 unspecified atom stereocenters. The van der Waals surface area contributed by atoms with E-state index in [1.54, 1.807) is 26.0 Å². The molecule has 1 saturated heterocycles. The van der Waals surface area contributed by atoms with Gasteiger partial charge in [0.15, 0.2) is 5.17 Å². The lowest BCUT2D eigenvalue weighted by atomic mass is 9.94. The van der Waals surface area contributed by atoms with Gasteiger partial charge in [-0.05, 0) is 32.0 Å². The molecule has 0 radical (unpaired) electrons. The van der Waals surface area contributed by atoms with Crippen LogP contribution in [-0.2, 0) is 14.3 Å². The minimum atomic E-state index is -0.753. The topological polar surface area (TPSA) is 79.2 Å². The molecule has 8 heteroatoms. The first kappa shape index (κ1) is 17.0. The number of halogens is 1. The number of amides is 1. The van der Waals surface area contributed by atoms with Crippen LogP contribution in [0.3, 0.4) is 0 Å². The summed E-state index contributed by atoms with van der Waals surface area (Å²) in [6.45, 7) is 3.64. The lowest BCUT2D eigenvalue weighted by Crippen LogP contribution is -2.39. The number of esters is 1. The molecular weight excluding hydrogens is 396 g/mol. The molecule has 2 aliphatic rings. The SMILES string of the molecule is CCOC(=O)C1=C(C)N=C2SCC(=O)N2[C@H]1c1cc(Br)ccc1O. The van der Waals surface area contributed by atoms with Crippen LogP contribution in [0, 0.1) is 0 Å². The van der Waals surface area contributed by atoms with Crippen molar-refractivity contribution in [2.45, 2.75) is 19.9 Å². The number of fused-ring (bicyclic) bond motifs is 1. The van der Waals surface area contributed by atoms with Crippen LogP contribution < -0.4 is 0 Å². The maximum absolute atomic E-state index is 12.5. The zero-order chi connectivity index (χ0) is 17.4. The van der Waals surface area contributed by atoms with Gasteiger partial charge < -0.3 is 9.84 Å². The molecule has 126 valence electrons. The van der Waals surface area contributed by atoms with E-state index in [9.17, 15) is 14.7 Å². The first-order chi connectivity index (χ1) is 11.4. The van der Waals surface area contributed by atoms with E-state index in [1.807, 2.05) is 0 Å². The summed E-state index contributed by atoms with van der Waals surface area (Å²) in [6, 6.07) is 4.16. The fourth-order valence-electron chi connectivity index (χ4n) is 2.75. The molecule has 24 heavy (non-hydrogen) atoms. The number of nitrogens with zero attached hydrogens (tertiary/aromatic N) is 2. The van der Waals surface area contributed by atoms with Gasteiger partial charge in [0.1, 0.15) is 11.8 Å². The van der Waals surface area contributed by atoms with Crippen LogP contribution in [0.25, 0.3) is 0 Å². The molecule has 1 amide bonds. The fraction of sp³-hybridized carbons (Fsp3) is 0.312. The largest absolute Gasteiger partial charge is 0.508 e. The smallest absolute Gasteiger partial charge is 0.338 e. The number of carbonyl (C=O) groups is 2. The standard InChI is InChI=1S/C16H15BrN2O4S/c1-3-23-15(22)13-8(2)18-16-19(12(21)7-24-16)14(13)10-6-9(17)4-5-11(10)20/h4-6,14,20H,3,7H2,1-2H3/t14-/m0/s1.